The van der Waals surface area contributed by atoms with Gasteiger partial charge in [-0.25, -0.2) is 17.5 Å². The second kappa shape index (κ2) is 13.1. The number of rotatable bonds is 9. The average molecular weight is 593 g/mol. The second-order valence-corrected chi connectivity index (χ2v) is 12.8. The number of nitrogens with zero attached hydrogens (tertiary/aromatic N) is 3. The Balaban J connectivity index is 1.58. The smallest absolute Gasteiger partial charge is 0.410 e. The zero-order valence-corrected chi connectivity index (χ0v) is 24.7. The molecule has 0 spiro atoms. The number of unbranched alkanes of at least 4 members (excludes halogenated alkanes) is 1. The number of hydrogen-bond donors (Lipinski definition) is 1. The Hall–Kier alpha value is -3.00. The van der Waals surface area contributed by atoms with Gasteiger partial charge in [-0.05, 0) is 49.6 Å². The third-order valence-electron chi connectivity index (χ3n) is 6.97. The number of thiophene rings is 1. The quantitative estimate of drug-likeness (QED) is 0.473. The fraction of sp³-hybridized carbons (Fsp3) is 0.519. The standard InChI is InChI=1S/C27H36N4O7S2/c1-4-6-12-29(3)40(35,36)20-9-7-19(8-10-20)24(32)28-25-23(26(33)30-14-16-37-17-15-30)21-11-13-31(18-22(21)39-25)27(34)38-5-2/h7-10H,4-6,11-18H2,1-3H3,(H,28,32). The highest BCUT2D eigenvalue weighted by Crippen LogP contribution is 2.38. The molecule has 11 nitrogen and oxygen atoms in total. The van der Waals surface area contributed by atoms with Gasteiger partial charge in [0.05, 0.1) is 36.8 Å². The number of anilines is 1. The van der Waals surface area contributed by atoms with Crippen LogP contribution in [0.15, 0.2) is 29.2 Å². The molecule has 3 amide bonds. The van der Waals surface area contributed by atoms with Crippen LogP contribution in [0.1, 0.15) is 57.8 Å². The van der Waals surface area contributed by atoms with E-state index in [1.54, 1.807) is 23.8 Å². The van der Waals surface area contributed by atoms with Crippen LogP contribution in [0.2, 0.25) is 0 Å². The predicted octanol–water partition coefficient (Wildman–Crippen LogP) is 3.41. The molecular weight excluding hydrogens is 556 g/mol. The van der Waals surface area contributed by atoms with Crippen molar-refractivity contribution in [3.8, 4) is 0 Å². The van der Waals surface area contributed by atoms with Crippen LogP contribution < -0.4 is 5.32 Å². The van der Waals surface area contributed by atoms with Crippen molar-refractivity contribution in [2.45, 2.75) is 44.6 Å². The second-order valence-electron chi connectivity index (χ2n) is 9.64. The van der Waals surface area contributed by atoms with Crippen molar-refractivity contribution in [1.82, 2.24) is 14.1 Å². The highest BCUT2D eigenvalue weighted by Gasteiger charge is 2.33. The summed E-state index contributed by atoms with van der Waals surface area (Å²) in [5.74, 6) is -0.641. The van der Waals surface area contributed by atoms with Crippen LogP contribution in [0.25, 0.3) is 0 Å². The van der Waals surface area contributed by atoms with Crippen LogP contribution >= 0.6 is 11.3 Å². The number of sulfonamides is 1. The molecule has 218 valence electrons. The van der Waals surface area contributed by atoms with Crippen molar-refractivity contribution in [3.05, 3.63) is 45.8 Å². The highest BCUT2D eigenvalue weighted by molar-refractivity contribution is 7.89. The summed E-state index contributed by atoms with van der Waals surface area (Å²) in [7, 11) is -2.12. The van der Waals surface area contributed by atoms with Crippen molar-refractivity contribution in [2.24, 2.45) is 0 Å². The van der Waals surface area contributed by atoms with Gasteiger partial charge in [0, 0.05) is 43.7 Å². The lowest BCUT2D eigenvalue weighted by Crippen LogP contribution is -2.41. The van der Waals surface area contributed by atoms with Crippen LogP contribution in [-0.2, 0) is 32.5 Å². The van der Waals surface area contributed by atoms with Crippen molar-refractivity contribution >= 4 is 44.3 Å². The Morgan fingerprint density at radius 1 is 1.07 bits per heavy atom. The van der Waals surface area contributed by atoms with Gasteiger partial charge in [0.15, 0.2) is 0 Å². The van der Waals surface area contributed by atoms with Crippen LogP contribution in [0.5, 0.6) is 0 Å². The Morgan fingerprint density at radius 3 is 2.42 bits per heavy atom. The van der Waals surface area contributed by atoms with Gasteiger partial charge in [0.1, 0.15) is 5.00 Å². The van der Waals surface area contributed by atoms with E-state index in [-0.39, 0.29) is 29.5 Å². The molecular formula is C27H36N4O7S2. The molecule has 1 aromatic carbocycles. The number of fused-ring (bicyclic) bond motifs is 1. The minimum Gasteiger partial charge on any atom is -0.450 e. The molecule has 0 radical (unpaired) electrons. The minimum atomic E-state index is -3.66. The predicted molar refractivity (Wildman–Crippen MR) is 151 cm³/mol. The zero-order valence-electron chi connectivity index (χ0n) is 23.1. The van der Waals surface area contributed by atoms with Crippen molar-refractivity contribution in [1.29, 1.82) is 0 Å². The van der Waals surface area contributed by atoms with E-state index < -0.39 is 22.0 Å². The zero-order chi connectivity index (χ0) is 28.9. The number of ether oxygens (including phenoxy) is 2. The summed E-state index contributed by atoms with van der Waals surface area (Å²) in [6, 6.07) is 5.77. The lowest BCUT2D eigenvalue weighted by Gasteiger charge is -2.29. The number of benzene rings is 1. The first-order valence-electron chi connectivity index (χ1n) is 13.5. The average Bonchev–Trinajstić information content (AvgIpc) is 3.32. The molecule has 0 saturated carbocycles. The summed E-state index contributed by atoms with van der Waals surface area (Å²) in [4.78, 5) is 43.5. The first kappa shape index (κ1) is 30.0. The number of amides is 3. The summed E-state index contributed by atoms with van der Waals surface area (Å²) in [6.45, 7) is 6.91. The summed E-state index contributed by atoms with van der Waals surface area (Å²) in [5.41, 5.74) is 1.53. The molecule has 2 aliphatic rings. The van der Waals surface area contributed by atoms with E-state index in [1.807, 2.05) is 6.92 Å². The van der Waals surface area contributed by atoms with Crippen molar-refractivity contribution in [2.75, 3.05) is 58.4 Å². The van der Waals surface area contributed by atoms with Crippen LogP contribution in [0.4, 0.5) is 9.80 Å². The lowest BCUT2D eigenvalue weighted by atomic mass is 10.0. The molecule has 0 unspecified atom stereocenters. The van der Waals surface area contributed by atoms with E-state index >= 15 is 0 Å². The number of morpholine rings is 1. The van der Waals surface area contributed by atoms with E-state index in [4.69, 9.17) is 9.47 Å². The molecule has 2 aliphatic heterocycles. The van der Waals surface area contributed by atoms with Crippen LogP contribution in [-0.4, -0.2) is 93.5 Å². The van der Waals surface area contributed by atoms with Gasteiger partial charge >= 0.3 is 6.09 Å². The summed E-state index contributed by atoms with van der Waals surface area (Å²) >= 11 is 1.27. The van der Waals surface area contributed by atoms with E-state index in [1.165, 1.54) is 39.9 Å². The van der Waals surface area contributed by atoms with Gasteiger partial charge in [-0.2, -0.15) is 0 Å². The first-order chi connectivity index (χ1) is 19.2. The highest BCUT2D eigenvalue weighted by atomic mass is 32.2. The number of hydrogen-bond acceptors (Lipinski definition) is 8. The van der Waals surface area contributed by atoms with Gasteiger partial charge in [-0.1, -0.05) is 13.3 Å². The largest absolute Gasteiger partial charge is 0.450 e. The number of nitrogens with one attached hydrogen (secondary N) is 1. The topological polar surface area (TPSA) is 126 Å². The van der Waals surface area contributed by atoms with Gasteiger partial charge in [-0.3, -0.25) is 9.59 Å². The van der Waals surface area contributed by atoms with Crippen molar-refractivity contribution in [3.63, 3.8) is 0 Å². The summed E-state index contributed by atoms with van der Waals surface area (Å²) < 4.78 is 37.6. The summed E-state index contributed by atoms with van der Waals surface area (Å²) in [6.07, 6.45) is 1.68. The molecule has 4 rings (SSSR count). The molecule has 40 heavy (non-hydrogen) atoms. The maximum Gasteiger partial charge on any atom is 0.410 e. The Morgan fingerprint density at radius 2 is 1.77 bits per heavy atom. The fourth-order valence-electron chi connectivity index (χ4n) is 4.65. The minimum absolute atomic E-state index is 0.108. The van der Waals surface area contributed by atoms with Gasteiger partial charge in [0.2, 0.25) is 10.0 Å². The number of carbonyl (C=O) groups is 3. The van der Waals surface area contributed by atoms with Gasteiger partial charge in [-0.15, -0.1) is 11.3 Å². The number of carbonyl (C=O) groups excluding carboxylic acids is 3. The van der Waals surface area contributed by atoms with E-state index in [2.05, 4.69) is 5.32 Å². The lowest BCUT2D eigenvalue weighted by molar-refractivity contribution is 0.0303. The first-order valence-corrected chi connectivity index (χ1v) is 15.7. The fourth-order valence-corrected chi connectivity index (χ4v) is 7.11. The third-order valence-corrected chi connectivity index (χ3v) is 9.98. The van der Waals surface area contributed by atoms with Gasteiger partial charge < -0.3 is 24.6 Å². The van der Waals surface area contributed by atoms with E-state index in [0.717, 1.165) is 23.3 Å². The molecule has 1 aromatic heterocycles. The molecule has 1 N–H and O–H groups in total. The molecule has 1 fully saturated rings. The molecule has 1 saturated heterocycles. The molecule has 13 heteroatoms. The Labute approximate surface area is 239 Å². The molecule has 0 bridgehead atoms. The Kier molecular flexibility index (Phi) is 9.82. The monoisotopic (exact) mass is 592 g/mol. The van der Waals surface area contributed by atoms with E-state index in [9.17, 15) is 22.8 Å². The maximum absolute atomic E-state index is 13.6. The molecule has 0 atom stereocenters. The van der Waals surface area contributed by atoms with Gasteiger partial charge in [0.25, 0.3) is 11.8 Å². The normalized spacial score (nSPS) is 15.6. The van der Waals surface area contributed by atoms with Crippen LogP contribution in [0, 0.1) is 0 Å². The molecule has 3 heterocycles. The SMILES string of the molecule is CCCCN(C)S(=O)(=O)c1ccc(C(=O)Nc2sc3c(c2C(=O)N2CCOCC2)CCN(C(=O)OCC)C3)cc1. The summed E-state index contributed by atoms with van der Waals surface area (Å²) in [5, 5.41) is 3.30. The van der Waals surface area contributed by atoms with Crippen LogP contribution in [0.3, 0.4) is 0 Å². The van der Waals surface area contributed by atoms with Crippen molar-refractivity contribution < 1.29 is 32.3 Å². The Bertz CT molecular complexity index is 1340. The third kappa shape index (κ3) is 6.48. The maximum atomic E-state index is 13.6. The molecule has 2 aromatic rings. The molecule has 0 aliphatic carbocycles. The van der Waals surface area contributed by atoms with E-state index in [0.29, 0.717) is 56.4 Å².